The minimum absolute atomic E-state index is 0.0347. The number of carbonyl (C=O) groups is 1. The summed E-state index contributed by atoms with van der Waals surface area (Å²) in [6.45, 7) is 3.91. The van der Waals surface area contributed by atoms with Crippen LogP contribution in [0.15, 0.2) is 46.9 Å². The van der Waals surface area contributed by atoms with Crippen molar-refractivity contribution >= 4 is 38.8 Å². The van der Waals surface area contributed by atoms with Crippen LogP contribution in [0.3, 0.4) is 0 Å². The van der Waals surface area contributed by atoms with Crippen molar-refractivity contribution in [2.75, 3.05) is 6.61 Å². The molecule has 2 heterocycles. The van der Waals surface area contributed by atoms with Gasteiger partial charge in [-0.2, -0.15) is 0 Å². The Hall–Kier alpha value is -2.80. The molecule has 1 N–H and O–H groups in total. The standard InChI is InChI=1S/C18H17N3O3S/c1-4-24-18(23)14-9-15(22)13-8-11(2)25-17(13)16(14)20-19-12-6-5-7-21(3)10-12/h5-10H,4H2,1-3H3/p+1. The average Bonchev–Trinajstić information content (AvgIpc) is 2.96. The monoisotopic (exact) mass is 356 g/mol. The van der Waals surface area contributed by atoms with Crippen molar-refractivity contribution in [3.8, 4) is 5.75 Å². The Kier molecular flexibility index (Phi) is 4.76. The highest BCUT2D eigenvalue weighted by molar-refractivity contribution is 7.19. The zero-order chi connectivity index (χ0) is 18.0. The van der Waals surface area contributed by atoms with Crippen LogP contribution in [-0.2, 0) is 11.8 Å². The van der Waals surface area contributed by atoms with Gasteiger partial charge in [-0.05, 0) is 32.0 Å². The van der Waals surface area contributed by atoms with Crippen LogP contribution in [0.4, 0.5) is 11.4 Å². The summed E-state index contributed by atoms with van der Waals surface area (Å²) >= 11 is 1.45. The minimum atomic E-state index is -0.529. The summed E-state index contributed by atoms with van der Waals surface area (Å²) in [6.07, 6.45) is 3.72. The number of esters is 1. The molecule has 6 nitrogen and oxygen atoms in total. The Morgan fingerprint density at radius 3 is 2.88 bits per heavy atom. The number of fused-ring (bicyclic) bond motifs is 1. The third-order valence-corrected chi connectivity index (χ3v) is 4.62. The molecule has 25 heavy (non-hydrogen) atoms. The number of phenols is 1. The van der Waals surface area contributed by atoms with Gasteiger partial charge in [-0.25, -0.2) is 9.36 Å². The summed E-state index contributed by atoms with van der Waals surface area (Å²) in [5.41, 5.74) is 1.28. The number of phenolic OH excluding ortho intramolecular Hbond substituents is 1. The third kappa shape index (κ3) is 3.51. The lowest BCUT2D eigenvalue weighted by Crippen LogP contribution is -2.25. The number of aromatic nitrogens is 1. The van der Waals surface area contributed by atoms with Crippen LogP contribution in [0.5, 0.6) is 5.75 Å². The van der Waals surface area contributed by atoms with Crippen molar-refractivity contribution in [2.45, 2.75) is 13.8 Å². The van der Waals surface area contributed by atoms with E-state index in [1.807, 2.05) is 49.1 Å². The molecule has 0 fully saturated rings. The molecule has 2 aromatic heterocycles. The predicted octanol–water partition coefficient (Wildman–Crippen LogP) is 4.33. The van der Waals surface area contributed by atoms with Gasteiger partial charge in [0.2, 0.25) is 0 Å². The summed E-state index contributed by atoms with van der Waals surface area (Å²) in [7, 11) is 1.89. The molecular formula is C18H18N3O3S+. The molecule has 0 spiro atoms. The van der Waals surface area contributed by atoms with Gasteiger partial charge in [0.25, 0.3) is 0 Å². The average molecular weight is 356 g/mol. The van der Waals surface area contributed by atoms with E-state index in [-0.39, 0.29) is 17.9 Å². The number of rotatable bonds is 4. The van der Waals surface area contributed by atoms with Gasteiger partial charge in [-0.3, -0.25) is 0 Å². The molecule has 0 aliphatic rings. The van der Waals surface area contributed by atoms with Crippen LogP contribution in [0.2, 0.25) is 0 Å². The summed E-state index contributed by atoms with van der Waals surface area (Å²) in [4.78, 5) is 13.3. The van der Waals surface area contributed by atoms with Crippen LogP contribution >= 0.6 is 11.3 Å². The Morgan fingerprint density at radius 2 is 2.16 bits per heavy atom. The normalized spacial score (nSPS) is 11.3. The lowest BCUT2D eigenvalue weighted by Gasteiger charge is -2.07. The Morgan fingerprint density at radius 1 is 1.36 bits per heavy atom. The van der Waals surface area contributed by atoms with E-state index in [4.69, 9.17) is 4.74 Å². The van der Waals surface area contributed by atoms with Gasteiger partial charge >= 0.3 is 5.97 Å². The molecule has 0 bridgehead atoms. The molecule has 0 saturated heterocycles. The predicted molar refractivity (Wildman–Crippen MR) is 96.0 cm³/mol. The SMILES string of the molecule is CCOC(=O)c1cc(O)c2cc(C)sc2c1N=Nc1ccc[n+](C)c1. The molecule has 0 saturated carbocycles. The maximum Gasteiger partial charge on any atom is 0.340 e. The van der Waals surface area contributed by atoms with Crippen molar-refractivity contribution in [2.24, 2.45) is 17.3 Å². The topological polar surface area (TPSA) is 75.1 Å². The van der Waals surface area contributed by atoms with Gasteiger partial charge in [0, 0.05) is 16.3 Å². The molecular weight excluding hydrogens is 338 g/mol. The van der Waals surface area contributed by atoms with Crippen LogP contribution in [0, 0.1) is 6.92 Å². The van der Waals surface area contributed by atoms with Crippen molar-refractivity contribution in [1.82, 2.24) is 0 Å². The van der Waals surface area contributed by atoms with Gasteiger partial charge < -0.3 is 9.84 Å². The van der Waals surface area contributed by atoms with E-state index in [9.17, 15) is 9.90 Å². The van der Waals surface area contributed by atoms with E-state index in [0.717, 1.165) is 4.88 Å². The highest BCUT2D eigenvalue weighted by Gasteiger charge is 2.20. The fraction of sp³-hybridized carbons (Fsp3) is 0.222. The first-order chi connectivity index (χ1) is 12.0. The van der Waals surface area contributed by atoms with Crippen LogP contribution in [0.1, 0.15) is 22.2 Å². The molecule has 3 aromatic rings. The van der Waals surface area contributed by atoms with Crippen molar-refractivity contribution < 1.29 is 19.2 Å². The van der Waals surface area contributed by atoms with Crippen LogP contribution in [-0.4, -0.2) is 17.7 Å². The largest absolute Gasteiger partial charge is 0.507 e. The summed E-state index contributed by atoms with van der Waals surface area (Å²) in [5, 5.41) is 19.5. The molecule has 0 aliphatic carbocycles. The second kappa shape index (κ2) is 6.98. The maximum absolute atomic E-state index is 12.3. The number of azo groups is 1. The van der Waals surface area contributed by atoms with Crippen molar-refractivity contribution in [3.63, 3.8) is 0 Å². The molecule has 1 aromatic carbocycles. The second-order valence-corrected chi connectivity index (χ2v) is 6.80. The molecule has 0 atom stereocenters. The Bertz CT molecular complexity index is 979. The number of hydrogen-bond acceptors (Lipinski definition) is 6. The van der Waals surface area contributed by atoms with E-state index in [1.54, 1.807) is 6.92 Å². The van der Waals surface area contributed by atoms with Gasteiger partial charge in [-0.15, -0.1) is 21.6 Å². The zero-order valence-corrected chi connectivity index (χ0v) is 15.0. The number of pyridine rings is 1. The number of carbonyl (C=O) groups excluding carboxylic acids is 1. The van der Waals surface area contributed by atoms with Crippen LogP contribution < -0.4 is 4.57 Å². The fourth-order valence-electron chi connectivity index (χ4n) is 2.49. The first-order valence-electron chi connectivity index (χ1n) is 7.80. The zero-order valence-electron chi connectivity index (χ0n) is 14.2. The van der Waals surface area contributed by atoms with Gasteiger partial charge in [0.1, 0.15) is 24.2 Å². The lowest BCUT2D eigenvalue weighted by molar-refractivity contribution is -0.670. The quantitative estimate of drug-likeness (QED) is 0.429. The van der Waals surface area contributed by atoms with Gasteiger partial charge in [0.05, 0.1) is 16.9 Å². The van der Waals surface area contributed by atoms with Gasteiger partial charge in [-0.1, -0.05) is 0 Å². The van der Waals surface area contributed by atoms with Crippen molar-refractivity contribution in [3.05, 3.63) is 47.1 Å². The molecule has 0 radical (unpaired) electrons. The smallest absolute Gasteiger partial charge is 0.340 e. The number of hydrogen-bond donors (Lipinski definition) is 1. The molecule has 0 amide bonds. The summed E-state index contributed by atoms with van der Waals surface area (Å²) < 4.78 is 7.68. The van der Waals surface area contributed by atoms with E-state index < -0.39 is 5.97 Å². The van der Waals surface area contributed by atoms with E-state index in [0.29, 0.717) is 21.5 Å². The maximum atomic E-state index is 12.3. The first-order valence-corrected chi connectivity index (χ1v) is 8.61. The molecule has 0 aliphatic heterocycles. The van der Waals surface area contributed by atoms with Crippen molar-refractivity contribution in [1.29, 1.82) is 0 Å². The third-order valence-electron chi connectivity index (χ3n) is 3.57. The number of nitrogens with zero attached hydrogens (tertiary/aromatic N) is 3. The first kappa shape index (κ1) is 17.0. The van der Waals surface area contributed by atoms with Crippen LogP contribution in [0.25, 0.3) is 10.1 Å². The molecule has 128 valence electrons. The highest BCUT2D eigenvalue weighted by atomic mass is 32.1. The fourth-order valence-corrected chi connectivity index (χ4v) is 3.51. The summed E-state index contributed by atoms with van der Waals surface area (Å²) in [5.74, 6) is -0.495. The number of benzene rings is 1. The number of aromatic hydroxyl groups is 1. The molecule has 0 unspecified atom stereocenters. The van der Waals surface area contributed by atoms with E-state index in [2.05, 4.69) is 10.2 Å². The number of aryl methyl sites for hydroxylation is 2. The van der Waals surface area contributed by atoms with Gasteiger partial charge in [0.15, 0.2) is 12.4 Å². The molecule has 7 heteroatoms. The molecule has 3 rings (SSSR count). The Labute approximate surface area is 149 Å². The number of ether oxygens (including phenoxy) is 1. The van der Waals surface area contributed by atoms with E-state index >= 15 is 0 Å². The number of thiophene rings is 1. The Balaban J connectivity index is 2.17. The van der Waals surface area contributed by atoms with E-state index in [1.165, 1.54) is 17.4 Å². The minimum Gasteiger partial charge on any atom is -0.507 e. The summed E-state index contributed by atoms with van der Waals surface area (Å²) in [6, 6.07) is 6.95. The lowest BCUT2D eigenvalue weighted by atomic mass is 10.1. The highest BCUT2D eigenvalue weighted by Crippen LogP contribution is 2.42. The second-order valence-electron chi connectivity index (χ2n) is 5.54.